The van der Waals surface area contributed by atoms with Gasteiger partial charge in [0, 0.05) is 6.54 Å². The van der Waals surface area contributed by atoms with Crippen LogP contribution in [0.1, 0.15) is 31.7 Å². The van der Waals surface area contributed by atoms with E-state index >= 15 is 0 Å². The van der Waals surface area contributed by atoms with Crippen LogP contribution in [0.15, 0.2) is 22.7 Å². The Morgan fingerprint density at radius 3 is 2.69 bits per heavy atom. The molecule has 0 saturated heterocycles. The molecule has 0 heterocycles. The predicted octanol–water partition coefficient (Wildman–Crippen LogP) is 3.78. The summed E-state index contributed by atoms with van der Waals surface area (Å²) < 4.78 is 0.770. The summed E-state index contributed by atoms with van der Waals surface area (Å²) in [4.78, 5) is 2.31. The first-order chi connectivity index (χ1) is 7.63. The summed E-state index contributed by atoms with van der Waals surface area (Å²) in [5.41, 5.74) is 1.23. The maximum atomic E-state index is 9.39. The standard InChI is InChI=1S/C13H20BrNO/c1-3-4-5-8-15(2)10-11-6-7-13(16)12(14)9-11/h6-7,9,16H,3-5,8,10H2,1-2H3. The van der Waals surface area contributed by atoms with Gasteiger partial charge < -0.3 is 10.0 Å². The van der Waals surface area contributed by atoms with Crippen LogP contribution >= 0.6 is 15.9 Å². The maximum absolute atomic E-state index is 9.39. The number of halogens is 1. The average molecular weight is 286 g/mol. The van der Waals surface area contributed by atoms with Gasteiger partial charge in [-0.15, -0.1) is 0 Å². The molecular weight excluding hydrogens is 266 g/mol. The average Bonchev–Trinajstić information content (AvgIpc) is 2.24. The summed E-state index contributed by atoms with van der Waals surface area (Å²) in [5.74, 6) is 0.303. The molecule has 0 bridgehead atoms. The maximum Gasteiger partial charge on any atom is 0.129 e. The minimum atomic E-state index is 0.303. The third-order valence-electron chi connectivity index (χ3n) is 2.61. The van der Waals surface area contributed by atoms with E-state index in [0.717, 1.165) is 17.6 Å². The van der Waals surface area contributed by atoms with Crippen molar-refractivity contribution in [1.82, 2.24) is 4.90 Å². The Kier molecular flexibility index (Phi) is 5.85. The molecule has 0 spiro atoms. The first-order valence-corrected chi connectivity index (χ1v) is 6.58. The summed E-state index contributed by atoms with van der Waals surface area (Å²) in [6, 6.07) is 5.68. The lowest BCUT2D eigenvalue weighted by Gasteiger charge is -2.16. The number of rotatable bonds is 6. The summed E-state index contributed by atoms with van der Waals surface area (Å²) in [5, 5.41) is 9.39. The van der Waals surface area contributed by atoms with Crippen LogP contribution in [0.4, 0.5) is 0 Å². The summed E-state index contributed by atoms with van der Waals surface area (Å²) in [6.07, 6.45) is 3.81. The largest absolute Gasteiger partial charge is 0.507 e. The van der Waals surface area contributed by atoms with Crippen LogP contribution in [0.2, 0.25) is 0 Å². The van der Waals surface area contributed by atoms with Crippen LogP contribution in [-0.2, 0) is 6.54 Å². The van der Waals surface area contributed by atoms with E-state index in [1.807, 2.05) is 12.1 Å². The monoisotopic (exact) mass is 285 g/mol. The second-order valence-corrected chi connectivity index (χ2v) is 5.08. The first kappa shape index (κ1) is 13.5. The Hall–Kier alpha value is -0.540. The SMILES string of the molecule is CCCCCN(C)Cc1ccc(O)c(Br)c1. The third-order valence-corrected chi connectivity index (χ3v) is 3.24. The number of aromatic hydroxyl groups is 1. The molecule has 0 saturated carbocycles. The van der Waals surface area contributed by atoms with Crippen molar-refractivity contribution >= 4 is 15.9 Å². The normalized spacial score (nSPS) is 11.0. The molecule has 0 aliphatic rings. The molecule has 1 N–H and O–H groups in total. The summed E-state index contributed by atoms with van der Waals surface area (Å²) >= 11 is 3.33. The quantitative estimate of drug-likeness (QED) is 0.804. The fourth-order valence-electron chi connectivity index (χ4n) is 1.67. The number of nitrogens with zero attached hydrogens (tertiary/aromatic N) is 1. The molecule has 0 fully saturated rings. The summed E-state index contributed by atoms with van der Waals surface area (Å²) in [7, 11) is 2.14. The van der Waals surface area contributed by atoms with Crippen molar-refractivity contribution in [3.05, 3.63) is 28.2 Å². The third kappa shape index (κ3) is 4.54. The lowest BCUT2D eigenvalue weighted by atomic mass is 10.2. The first-order valence-electron chi connectivity index (χ1n) is 5.79. The number of phenols is 1. The van der Waals surface area contributed by atoms with E-state index in [4.69, 9.17) is 0 Å². The lowest BCUT2D eigenvalue weighted by molar-refractivity contribution is 0.318. The van der Waals surface area contributed by atoms with Gasteiger partial charge in [-0.3, -0.25) is 0 Å². The highest BCUT2D eigenvalue weighted by Crippen LogP contribution is 2.24. The topological polar surface area (TPSA) is 23.5 Å². The number of unbranched alkanes of at least 4 members (excludes halogenated alkanes) is 2. The highest BCUT2D eigenvalue weighted by molar-refractivity contribution is 9.10. The zero-order chi connectivity index (χ0) is 12.0. The molecule has 1 aromatic rings. The van der Waals surface area contributed by atoms with Crippen LogP contribution in [0, 0.1) is 0 Å². The van der Waals surface area contributed by atoms with Crippen LogP contribution in [0.25, 0.3) is 0 Å². The summed E-state index contributed by atoms with van der Waals surface area (Å²) in [6.45, 7) is 4.28. The molecular formula is C13H20BrNO. The zero-order valence-corrected chi connectivity index (χ0v) is 11.6. The van der Waals surface area contributed by atoms with Crippen molar-refractivity contribution in [3.8, 4) is 5.75 Å². The van der Waals surface area contributed by atoms with Crippen molar-refractivity contribution in [3.63, 3.8) is 0 Å². The highest BCUT2D eigenvalue weighted by Gasteiger charge is 2.03. The van der Waals surface area contributed by atoms with Crippen molar-refractivity contribution < 1.29 is 5.11 Å². The number of benzene rings is 1. The van der Waals surface area contributed by atoms with Gasteiger partial charge in [-0.2, -0.15) is 0 Å². The molecule has 0 aliphatic carbocycles. The molecule has 16 heavy (non-hydrogen) atoms. The molecule has 90 valence electrons. The number of phenolic OH excluding ortho intramolecular Hbond substituents is 1. The molecule has 2 nitrogen and oxygen atoms in total. The van der Waals surface area contributed by atoms with Crippen molar-refractivity contribution in [2.75, 3.05) is 13.6 Å². The van der Waals surface area contributed by atoms with Gasteiger partial charge in [0.15, 0.2) is 0 Å². The fraction of sp³-hybridized carbons (Fsp3) is 0.538. The van der Waals surface area contributed by atoms with Crippen molar-refractivity contribution in [2.45, 2.75) is 32.7 Å². The van der Waals surface area contributed by atoms with Gasteiger partial charge in [-0.05, 0) is 53.6 Å². The minimum Gasteiger partial charge on any atom is -0.507 e. The van der Waals surface area contributed by atoms with E-state index < -0.39 is 0 Å². The predicted molar refractivity (Wildman–Crippen MR) is 71.7 cm³/mol. The Morgan fingerprint density at radius 2 is 2.06 bits per heavy atom. The molecule has 1 aromatic carbocycles. The van der Waals surface area contributed by atoms with Crippen LogP contribution in [0.3, 0.4) is 0 Å². The molecule has 0 aromatic heterocycles. The molecule has 0 aliphatic heterocycles. The van der Waals surface area contributed by atoms with Crippen LogP contribution in [-0.4, -0.2) is 23.6 Å². The number of hydrogen-bond donors (Lipinski definition) is 1. The fourth-order valence-corrected chi connectivity index (χ4v) is 2.10. The molecule has 0 atom stereocenters. The zero-order valence-electron chi connectivity index (χ0n) is 10.0. The second-order valence-electron chi connectivity index (χ2n) is 4.23. The number of hydrogen-bond acceptors (Lipinski definition) is 2. The highest BCUT2D eigenvalue weighted by atomic mass is 79.9. The Labute approximate surface area is 106 Å². The van der Waals surface area contributed by atoms with Gasteiger partial charge in [-0.25, -0.2) is 0 Å². The van der Waals surface area contributed by atoms with Gasteiger partial charge >= 0.3 is 0 Å². The Balaban J connectivity index is 2.43. The smallest absolute Gasteiger partial charge is 0.129 e. The van der Waals surface area contributed by atoms with E-state index in [9.17, 15) is 5.11 Å². The van der Waals surface area contributed by atoms with Crippen LogP contribution < -0.4 is 0 Å². The molecule has 0 unspecified atom stereocenters. The van der Waals surface area contributed by atoms with Crippen molar-refractivity contribution in [1.29, 1.82) is 0 Å². The van der Waals surface area contributed by atoms with E-state index in [1.165, 1.54) is 24.8 Å². The van der Waals surface area contributed by atoms with E-state index in [2.05, 4.69) is 34.8 Å². The van der Waals surface area contributed by atoms with Gasteiger partial charge in [0.2, 0.25) is 0 Å². The molecule has 0 amide bonds. The minimum absolute atomic E-state index is 0.303. The van der Waals surface area contributed by atoms with Gasteiger partial charge in [-0.1, -0.05) is 25.8 Å². The molecule has 0 radical (unpaired) electrons. The lowest BCUT2D eigenvalue weighted by Crippen LogP contribution is -2.18. The van der Waals surface area contributed by atoms with E-state index in [1.54, 1.807) is 6.07 Å². The second kappa shape index (κ2) is 6.92. The van der Waals surface area contributed by atoms with Crippen LogP contribution in [0.5, 0.6) is 5.75 Å². The Morgan fingerprint density at radius 1 is 1.31 bits per heavy atom. The van der Waals surface area contributed by atoms with Gasteiger partial charge in [0.25, 0.3) is 0 Å². The van der Waals surface area contributed by atoms with Gasteiger partial charge in [0.05, 0.1) is 4.47 Å². The molecule has 1 rings (SSSR count). The van der Waals surface area contributed by atoms with E-state index in [-0.39, 0.29) is 0 Å². The molecule has 3 heteroatoms. The van der Waals surface area contributed by atoms with E-state index in [0.29, 0.717) is 5.75 Å². The van der Waals surface area contributed by atoms with Gasteiger partial charge in [0.1, 0.15) is 5.75 Å². The Bertz CT molecular complexity index is 328. The van der Waals surface area contributed by atoms with Crippen molar-refractivity contribution in [2.24, 2.45) is 0 Å².